The van der Waals surface area contributed by atoms with Crippen LogP contribution in [0.25, 0.3) is 5.70 Å². The second-order valence-corrected chi connectivity index (χ2v) is 4.40. The molecular formula is C13H20N4O. The second kappa shape index (κ2) is 6.28. The van der Waals surface area contributed by atoms with E-state index in [9.17, 15) is 4.79 Å². The summed E-state index contributed by atoms with van der Waals surface area (Å²) in [6.07, 6.45) is 1.59. The topological polar surface area (TPSA) is 62.5 Å². The molecule has 1 aromatic heterocycles. The summed E-state index contributed by atoms with van der Waals surface area (Å²) in [6, 6.07) is 3.58. The van der Waals surface area contributed by atoms with E-state index >= 15 is 0 Å². The number of likely N-dealkylation sites (N-methyl/N-ethyl adjacent to an activating group) is 1. The number of nitrogens with zero attached hydrogens (tertiary/aromatic N) is 3. The van der Waals surface area contributed by atoms with Crippen LogP contribution in [0.2, 0.25) is 0 Å². The zero-order valence-corrected chi connectivity index (χ0v) is 11.2. The van der Waals surface area contributed by atoms with Crippen molar-refractivity contribution in [1.29, 1.82) is 0 Å². The summed E-state index contributed by atoms with van der Waals surface area (Å²) < 4.78 is 0. The van der Waals surface area contributed by atoms with E-state index in [1.807, 2.05) is 25.1 Å². The molecule has 1 aromatic rings. The Kier molecular flexibility index (Phi) is 5.00. The van der Waals surface area contributed by atoms with Crippen LogP contribution in [-0.2, 0) is 0 Å². The smallest absolute Gasteiger partial charge is 0.178 e. The van der Waals surface area contributed by atoms with Crippen molar-refractivity contribution < 1.29 is 4.79 Å². The van der Waals surface area contributed by atoms with Gasteiger partial charge in [-0.05, 0) is 26.2 Å². The van der Waals surface area contributed by atoms with Gasteiger partial charge >= 0.3 is 0 Å². The van der Waals surface area contributed by atoms with Crippen molar-refractivity contribution in [2.75, 3.05) is 27.2 Å². The number of hydrogen-bond acceptors (Lipinski definition) is 5. The Morgan fingerprint density at radius 1 is 1.44 bits per heavy atom. The van der Waals surface area contributed by atoms with Crippen LogP contribution in [0.15, 0.2) is 24.9 Å². The van der Waals surface area contributed by atoms with Gasteiger partial charge in [-0.25, -0.2) is 5.84 Å². The molecule has 0 amide bonds. The van der Waals surface area contributed by atoms with Crippen molar-refractivity contribution >= 4 is 11.5 Å². The SMILES string of the molecule is C=C(c1cccnc1C(C)=O)N(N)CCN(C)C. The van der Waals surface area contributed by atoms with Crippen LogP contribution in [0.1, 0.15) is 23.0 Å². The molecule has 98 valence electrons. The summed E-state index contributed by atoms with van der Waals surface area (Å²) >= 11 is 0. The summed E-state index contributed by atoms with van der Waals surface area (Å²) in [5.41, 5.74) is 1.70. The lowest BCUT2D eigenvalue weighted by atomic mass is 10.1. The average Bonchev–Trinajstić information content (AvgIpc) is 2.34. The molecule has 0 spiro atoms. The van der Waals surface area contributed by atoms with Gasteiger partial charge in [-0.1, -0.05) is 6.58 Å². The first-order chi connectivity index (χ1) is 8.43. The number of Topliss-reactive ketones (excluding diaryl/α,β-unsaturated/α-hetero) is 1. The minimum absolute atomic E-state index is 0.0900. The van der Waals surface area contributed by atoms with E-state index in [4.69, 9.17) is 5.84 Å². The molecule has 0 aliphatic rings. The number of hydrogen-bond donors (Lipinski definition) is 1. The monoisotopic (exact) mass is 248 g/mol. The molecule has 0 saturated heterocycles. The molecule has 0 unspecified atom stereocenters. The standard InChI is InChI=1S/C13H20N4O/c1-10(17(14)9-8-16(3)4)12-6-5-7-15-13(12)11(2)18/h5-7H,1,8-9,14H2,2-4H3. The molecule has 0 aromatic carbocycles. The maximum atomic E-state index is 11.5. The Labute approximate surface area is 108 Å². The number of rotatable bonds is 6. The van der Waals surface area contributed by atoms with Crippen molar-refractivity contribution in [2.45, 2.75) is 6.92 Å². The highest BCUT2D eigenvalue weighted by atomic mass is 16.1. The first-order valence-electron chi connectivity index (χ1n) is 5.75. The van der Waals surface area contributed by atoms with E-state index in [2.05, 4.69) is 11.6 Å². The van der Waals surface area contributed by atoms with Crippen molar-refractivity contribution in [2.24, 2.45) is 5.84 Å². The van der Waals surface area contributed by atoms with E-state index < -0.39 is 0 Å². The molecule has 5 nitrogen and oxygen atoms in total. The van der Waals surface area contributed by atoms with Crippen LogP contribution in [0.4, 0.5) is 0 Å². The summed E-state index contributed by atoms with van der Waals surface area (Å²) in [6.45, 7) is 6.87. The summed E-state index contributed by atoms with van der Waals surface area (Å²) in [5, 5.41) is 1.55. The van der Waals surface area contributed by atoms with Gasteiger partial charge in [0.15, 0.2) is 5.78 Å². The van der Waals surface area contributed by atoms with Gasteiger partial charge in [-0.3, -0.25) is 9.78 Å². The highest BCUT2D eigenvalue weighted by molar-refractivity contribution is 5.96. The van der Waals surface area contributed by atoms with E-state index in [0.717, 1.165) is 6.54 Å². The van der Waals surface area contributed by atoms with E-state index in [1.165, 1.54) is 6.92 Å². The first-order valence-corrected chi connectivity index (χ1v) is 5.75. The third kappa shape index (κ3) is 3.65. The quantitative estimate of drug-likeness (QED) is 0.462. The number of carbonyl (C=O) groups excluding carboxylic acids is 1. The van der Waals surface area contributed by atoms with Crippen molar-refractivity contribution in [3.63, 3.8) is 0 Å². The largest absolute Gasteiger partial charge is 0.310 e. The van der Waals surface area contributed by atoms with Crippen molar-refractivity contribution in [3.8, 4) is 0 Å². The zero-order valence-electron chi connectivity index (χ0n) is 11.2. The van der Waals surface area contributed by atoms with Crippen LogP contribution >= 0.6 is 0 Å². The van der Waals surface area contributed by atoms with Gasteiger partial charge in [0.05, 0.1) is 5.70 Å². The van der Waals surface area contributed by atoms with Crippen LogP contribution in [0.3, 0.4) is 0 Å². The Hall–Kier alpha value is -1.72. The number of aromatic nitrogens is 1. The normalized spacial score (nSPS) is 10.5. The van der Waals surface area contributed by atoms with Gasteiger partial charge in [-0.15, -0.1) is 0 Å². The number of hydrazine groups is 1. The van der Waals surface area contributed by atoms with Gasteiger partial charge < -0.3 is 9.91 Å². The predicted octanol–water partition coefficient (Wildman–Crippen LogP) is 0.992. The van der Waals surface area contributed by atoms with Gasteiger partial charge in [0.2, 0.25) is 0 Å². The fourth-order valence-corrected chi connectivity index (χ4v) is 1.52. The number of pyridine rings is 1. The zero-order chi connectivity index (χ0) is 13.7. The molecule has 0 aliphatic heterocycles. The van der Waals surface area contributed by atoms with E-state index in [1.54, 1.807) is 17.3 Å². The first kappa shape index (κ1) is 14.3. The van der Waals surface area contributed by atoms with Crippen LogP contribution in [0, 0.1) is 0 Å². The molecule has 2 N–H and O–H groups in total. The Balaban J connectivity index is 2.86. The third-order valence-electron chi connectivity index (χ3n) is 2.59. The predicted molar refractivity (Wildman–Crippen MR) is 72.7 cm³/mol. The lowest BCUT2D eigenvalue weighted by molar-refractivity contribution is 0.101. The fourth-order valence-electron chi connectivity index (χ4n) is 1.52. The molecule has 1 heterocycles. The summed E-state index contributed by atoms with van der Waals surface area (Å²) in [4.78, 5) is 17.6. The summed E-state index contributed by atoms with van der Waals surface area (Å²) in [5.74, 6) is 5.84. The van der Waals surface area contributed by atoms with Crippen LogP contribution < -0.4 is 5.84 Å². The minimum atomic E-state index is -0.0900. The highest BCUT2D eigenvalue weighted by Crippen LogP contribution is 2.17. The van der Waals surface area contributed by atoms with Gasteiger partial charge in [0, 0.05) is 31.8 Å². The van der Waals surface area contributed by atoms with Crippen molar-refractivity contribution in [3.05, 3.63) is 36.2 Å². The number of ketones is 1. The minimum Gasteiger partial charge on any atom is -0.310 e. The Morgan fingerprint density at radius 2 is 2.11 bits per heavy atom. The van der Waals surface area contributed by atoms with Crippen LogP contribution in [-0.4, -0.2) is 47.9 Å². The summed E-state index contributed by atoms with van der Waals surface area (Å²) in [7, 11) is 3.95. The molecule has 18 heavy (non-hydrogen) atoms. The molecule has 0 radical (unpaired) electrons. The molecule has 5 heteroatoms. The fraction of sp³-hybridized carbons (Fsp3) is 0.385. The maximum absolute atomic E-state index is 11.5. The molecule has 0 saturated carbocycles. The van der Waals surface area contributed by atoms with E-state index in [0.29, 0.717) is 23.5 Å². The highest BCUT2D eigenvalue weighted by Gasteiger charge is 2.14. The van der Waals surface area contributed by atoms with E-state index in [-0.39, 0.29) is 5.78 Å². The average molecular weight is 248 g/mol. The molecule has 1 rings (SSSR count). The lowest BCUT2D eigenvalue weighted by Gasteiger charge is -2.23. The molecule has 0 atom stereocenters. The molecular weight excluding hydrogens is 228 g/mol. The van der Waals surface area contributed by atoms with Gasteiger partial charge in [0.1, 0.15) is 5.69 Å². The molecule has 0 bridgehead atoms. The third-order valence-corrected chi connectivity index (χ3v) is 2.59. The Morgan fingerprint density at radius 3 is 2.67 bits per heavy atom. The maximum Gasteiger partial charge on any atom is 0.178 e. The Bertz CT molecular complexity index is 442. The molecule has 0 aliphatic carbocycles. The number of nitrogens with two attached hydrogens (primary N) is 1. The van der Waals surface area contributed by atoms with Gasteiger partial charge in [0.25, 0.3) is 0 Å². The second-order valence-electron chi connectivity index (χ2n) is 4.40. The lowest BCUT2D eigenvalue weighted by Crippen LogP contribution is -2.35. The van der Waals surface area contributed by atoms with Crippen molar-refractivity contribution in [1.82, 2.24) is 14.9 Å². The molecule has 0 fully saturated rings. The van der Waals surface area contributed by atoms with Crippen LogP contribution in [0.5, 0.6) is 0 Å². The number of carbonyl (C=O) groups is 1. The van der Waals surface area contributed by atoms with Gasteiger partial charge in [-0.2, -0.15) is 0 Å².